The summed E-state index contributed by atoms with van der Waals surface area (Å²) in [4.78, 5) is 38.3. The Bertz CT molecular complexity index is 701. The third-order valence-corrected chi connectivity index (χ3v) is 4.83. The zero-order valence-corrected chi connectivity index (χ0v) is 12.2. The summed E-state index contributed by atoms with van der Waals surface area (Å²) in [7, 11) is 0. The van der Waals surface area contributed by atoms with Gasteiger partial charge in [-0.05, 0) is 30.9 Å². The zero-order chi connectivity index (χ0) is 15.5. The number of hydrogen-bond acceptors (Lipinski definition) is 4. The molecule has 0 unspecified atom stereocenters. The van der Waals surface area contributed by atoms with Crippen molar-refractivity contribution in [2.75, 3.05) is 0 Å². The molecule has 3 amide bonds. The number of urea groups is 1. The number of imide groups is 1. The van der Waals surface area contributed by atoms with Gasteiger partial charge in [0.25, 0.3) is 5.91 Å². The van der Waals surface area contributed by atoms with Crippen molar-refractivity contribution in [3.05, 3.63) is 35.4 Å². The van der Waals surface area contributed by atoms with Crippen LogP contribution in [-0.4, -0.2) is 35.0 Å². The van der Waals surface area contributed by atoms with E-state index in [2.05, 4.69) is 5.32 Å². The quantitative estimate of drug-likeness (QED) is 0.622. The Morgan fingerprint density at radius 1 is 1.27 bits per heavy atom. The van der Waals surface area contributed by atoms with E-state index in [0.29, 0.717) is 12.8 Å². The third kappa shape index (κ3) is 1.58. The van der Waals surface area contributed by atoms with Crippen molar-refractivity contribution in [3.63, 3.8) is 0 Å². The fraction of sp³-hybridized carbons (Fsp3) is 0.438. The number of fused-ring (bicyclic) bond motifs is 2. The van der Waals surface area contributed by atoms with E-state index in [1.165, 1.54) is 0 Å². The summed E-state index contributed by atoms with van der Waals surface area (Å²) in [6.07, 6.45) is 1.35. The average molecular weight is 300 g/mol. The predicted molar refractivity (Wildman–Crippen MR) is 75.8 cm³/mol. The first-order chi connectivity index (χ1) is 10.5. The largest absolute Gasteiger partial charge is 0.461 e. The van der Waals surface area contributed by atoms with E-state index >= 15 is 0 Å². The summed E-state index contributed by atoms with van der Waals surface area (Å²) >= 11 is 0. The zero-order valence-electron chi connectivity index (χ0n) is 12.2. The van der Waals surface area contributed by atoms with Crippen molar-refractivity contribution >= 4 is 17.9 Å². The summed E-state index contributed by atoms with van der Waals surface area (Å²) in [5.74, 6) is -0.835. The van der Waals surface area contributed by atoms with Crippen LogP contribution in [0.25, 0.3) is 0 Å². The van der Waals surface area contributed by atoms with Crippen LogP contribution in [0, 0.1) is 0 Å². The van der Waals surface area contributed by atoms with E-state index in [9.17, 15) is 14.4 Å². The Balaban J connectivity index is 1.74. The SMILES string of the molecule is C[C@@H]1C[C@H](N2C(=O)N[C@]3(CCc4ccccc43)C2=O)C(=O)O1. The highest BCUT2D eigenvalue weighted by molar-refractivity contribution is 6.10. The second-order valence-electron chi connectivity index (χ2n) is 6.17. The number of ether oxygens (including phenoxy) is 1. The number of cyclic esters (lactones) is 1. The average Bonchev–Trinajstić information content (AvgIpc) is 3.09. The number of aryl methyl sites for hydroxylation is 1. The van der Waals surface area contributed by atoms with Gasteiger partial charge in [-0.15, -0.1) is 0 Å². The minimum Gasteiger partial charge on any atom is -0.461 e. The smallest absolute Gasteiger partial charge is 0.329 e. The molecule has 1 N–H and O–H groups in total. The van der Waals surface area contributed by atoms with Crippen LogP contribution in [-0.2, 0) is 26.3 Å². The molecule has 114 valence electrons. The number of carbonyl (C=O) groups excluding carboxylic acids is 3. The van der Waals surface area contributed by atoms with Crippen molar-refractivity contribution in [1.82, 2.24) is 10.2 Å². The summed E-state index contributed by atoms with van der Waals surface area (Å²) in [6, 6.07) is 6.32. The number of nitrogens with zero attached hydrogens (tertiary/aromatic N) is 1. The molecule has 3 atom stereocenters. The fourth-order valence-electron chi connectivity index (χ4n) is 3.79. The van der Waals surface area contributed by atoms with Crippen molar-refractivity contribution < 1.29 is 19.1 Å². The molecule has 0 saturated carbocycles. The lowest BCUT2D eigenvalue weighted by molar-refractivity contribution is -0.147. The summed E-state index contributed by atoms with van der Waals surface area (Å²) in [5, 5.41) is 2.83. The van der Waals surface area contributed by atoms with Crippen molar-refractivity contribution in [2.45, 2.75) is 43.9 Å². The molecule has 2 heterocycles. The molecule has 0 bridgehead atoms. The Morgan fingerprint density at radius 2 is 2.05 bits per heavy atom. The monoisotopic (exact) mass is 300 g/mol. The van der Waals surface area contributed by atoms with Crippen LogP contribution in [0.2, 0.25) is 0 Å². The van der Waals surface area contributed by atoms with Gasteiger partial charge in [0.2, 0.25) is 0 Å². The Labute approximate surface area is 127 Å². The lowest BCUT2D eigenvalue weighted by atomic mass is 9.91. The molecular formula is C16H16N2O4. The molecule has 2 fully saturated rings. The molecule has 1 aromatic rings. The molecule has 1 spiro atoms. The number of amides is 3. The summed E-state index contributed by atoms with van der Waals surface area (Å²) in [6.45, 7) is 1.76. The first-order valence-electron chi connectivity index (χ1n) is 7.47. The molecule has 1 aliphatic carbocycles. The van der Waals surface area contributed by atoms with E-state index in [0.717, 1.165) is 22.4 Å². The fourth-order valence-corrected chi connectivity index (χ4v) is 3.79. The van der Waals surface area contributed by atoms with Crippen LogP contribution in [0.15, 0.2) is 24.3 Å². The Hall–Kier alpha value is -2.37. The van der Waals surface area contributed by atoms with E-state index < -0.39 is 23.6 Å². The number of benzene rings is 1. The molecule has 0 aromatic heterocycles. The van der Waals surface area contributed by atoms with Gasteiger partial charge < -0.3 is 10.1 Å². The molecular weight excluding hydrogens is 284 g/mol. The molecule has 3 aliphatic rings. The minimum absolute atomic E-state index is 0.273. The first kappa shape index (κ1) is 13.3. The van der Waals surface area contributed by atoms with Gasteiger partial charge in [-0.2, -0.15) is 0 Å². The van der Waals surface area contributed by atoms with Gasteiger partial charge in [-0.1, -0.05) is 24.3 Å². The van der Waals surface area contributed by atoms with Gasteiger partial charge in [-0.3, -0.25) is 4.79 Å². The van der Waals surface area contributed by atoms with E-state index in [1.807, 2.05) is 24.3 Å². The van der Waals surface area contributed by atoms with E-state index in [1.54, 1.807) is 6.92 Å². The molecule has 4 rings (SSSR count). The van der Waals surface area contributed by atoms with Crippen molar-refractivity contribution in [3.8, 4) is 0 Å². The van der Waals surface area contributed by atoms with Crippen LogP contribution in [0.3, 0.4) is 0 Å². The maximum Gasteiger partial charge on any atom is 0.329 e. The normalized spacial score (nSPS) is 33.3. The highest BCUT2D eigenvalue weighted by atomic mass is 16.6. The van der Waals surface area contributed by atoms with Crippen LogP contribution >= 0.6 is 0 Å². The van der Waals surface area contributed by atoms with Gasteiger partial charge in [0.05, 0.1) is 0 Å². The van der Waals surface area contributed by atoms with Crippen molar-refractivity contribution in [2.24, 2.45) is 0 Å². The van der Waals surface area contributed by atoms with Gasteiger partial charge in [-0.25, -0.2) is 14.5 Å². The second-order valence-corrected chi connectivity index (χ2v) is 6.17. The number of hydrogen-bond donors (Lipinski definition) is 1. The summed E-state index contributed by atoms with van der Waals surface area (Å²) in [5.41, 5.74) is 0.899. The maximum atomic E-state index is 13.0. The highest BCUT2D eigenvalue weighted by Gasteiger charge is 2.59. The number of nitrogens with one attached hydrogen (secondary N) is 1. The summed E-state index contributed by atoms with van der Waals surface area (Å²) < 4.78 is 5.09. The molecule has 2 saturated heterocycles. The number of esters is 1. The van der Waals surface area contributed by atoms with Gasteiger partial charge >= 0.3 is 12.0 Å². The molecule has 1 aromatic carbocycles. The molecule has 22 heavy (non-hydrogen) atoms. The van der Waals surface area contributed by atoms with Crippen LogP contribution in [0.5, 0.6) is 0 Å². The van der Waals surface area contributed by atoms with E-state index in [4.69, 9.17) is 4.74 Å². The highest BCUT2D eigenvalue weighted by Crippen LogP contribution is 2.42. The van der Waals surface area contributed by atoms with Gasteiger partial charge in [0, 0.05) is 6.42 Å². The second kappa shape index (κ2) is 4.32. The number of carbonyl (C=O) groups is 3. The maximum absolute atomic E-state index is 13.0. The predicted octanol–water partition coefficient (Wildman–Crippen LogP) is 1.08. The minimum atomic E-state index is -1.01. The first-order valence-corrected chi connectivity index (χ1v) is 7.47. The lowest BCUT2D eigenvalue weighted by Gasteiger charge is -2.23. The molecule has 6 nitrogen and oxygen atoms in total. The third-order valence-electron chi connectivity index (χ3n) is 4.83. The van der Waals surface area contributed by atoms with Crippen LogP contribution in [0.4, 0.5) is 4.79 Å². The number of rotatable bonds is 1. The Kier molecular flexibility index (Phi) is 2.61. The van der Waals surface area contributed by atoms with Gasteiger partial charge in [0.15, 0.2) is 0 Å². The topological polar surface area (TPSA) is 75.7 Å². The molecule has 0 radical (unpaired) electrons. The lowest BCUT2D eigenvalue weighted by Crippen LogP contribution is -2.45. The van der Waals surface area contributed by atoms with Crippen molar-refractivity contribution in [1.29, 1.82) is 0 Å². The van der Waals surface area contributed by atoms with Gasteiger partial charge in [0.1, 0.15) is 17.7 Å². The standard InChI is InChI=1S/C16H16N2O4/c1-9-8-12(13(19)22-9)18-14(20)16(17-15(18)21)7-6-10-4-2-3-5-11(10)16/h2-5,9,12H,6-8H2,1H3,(H,17,21)/t9-,12+,16+/m1/s1. The molecule has 6 heteroatoms. The molecule has 2 aliphatic heterocycles. The Morgan fingerprint density at radius 3 is 2.77 bits per heavy atom. The van der Waals surface area contributed by atoms with Crippen LogP contribution < -0.4 is 5.32 Å². The van der Waals surface area contributed by atoms with E-state index in [-0.39, 0.29) is 12.0 Å². The van der Waals surface area contributed by atoms with Crippen LogP contribution in [0.1, 0.15) is 30.9 Å².